The van der Waals surface area contributed by atoms with Crippen molar-refractivity contribution in [2.45, 2.75) is 26.4 Å². The molecule has 0 aliphatic carbocycles. The Morgan fingerprint density at radius 3 is 2.50 bits per heavy atom. The first kappa shape index (κ1) is 18.4. The fourth-order valence-corrected chi connectivity index (χ4v) is 2.39. The van der Waals surface area contributed by atoms with Gasteiger partial charge in [0.15, 0.2) is 0 Å². The molecule has 7 heteroatoms. The SMILES string of the molecule is CC(C)[C@H](NC(=O)c1ccc(Cl)c(Cl)c1)C(=O)NCc1ccco1. The monoisotopic (exact) mass is 368 g/mol. The molecule has 1 atom stereocenters. The van der Waals surface area contributed by atoms with Crippen LogP contribution in [0.3, 0.4) is 0 Å². The van der Waals surface area contributed by atoms with Gasteiger partial charge in [0, 0.05) is 5.56 Å². The highest BCUT2D eigenvalue weighted by atomic mass is 35.5. The molecule has 1 aromatic heterocycles. The zero-order valence-corrected chi connectivity index (χ0v) is 14.8. The van der Waals surface area contributed by atoms with Crippen LogP contribution in [0.1, 0.15) is 30.0 Å². The van der Waals surface area contributed by atoms with Crippen LogP contribution in [-0.2, 0) is 11.3 Å². The molecule has 0 aliphatic rings. The van der Waals surface area contributed by atoms with Gasteiger partial charge >= 0.3 is 0 Å². The summed E-state index contributed by atoms with van der Waals surface area (Å²) in [6, 6.07) is 7.40. The quantitative estimate of drug-likeness (QED) is 0.817. The number of furan rings is 1. The van der Waals surface area contributed by atoms with Gasteiger partial charge in [-0.2, -0.15) is 0 Å². The van der Waals surface area contributed by atoms with Crippen LogP contribution in [0.4, 0.5) is 0 Å². The first-order valence-electron chi connectivity index (χ1n) is 7.44. The predicted octanol–water partition coefficient (Wildman–Crippen LogP) is 3.66. The van der Waals surface area contributed by atoms with E-state index in [0.29, 0.717) is 16.3 Å². The Hall–Kier alpha value is -1.98. The van der Waals surface area contributed by atoms with E-state index in [1.54, 1.807) is 24.3 Å². The van der Waals surface area contributed by atoms with Gasteiger partial charge in [-0.15, -0.1) is 0 Å². The van der Waals surface area contributed by atoms with E-state index < -0.39 is 6.04 Å². The van der Waals surface area contributed by atoms with Crippen LogP contribution in [0.2, 0.25) is 10.0 Å². The van der Waals surface area contributed by atoms with Gasteiger partial charge in [-0.3, -0.25) is 9.59 Å². The molecule has 2 aromatic rings. The first-order chi connectivity index (χ1) is 11.4. The standard InChI is InChI=1S/C17H18Cl2N2O3/c1-10(2)15(17(23)20-9-12-4-3-7-24-12)21-16(22)11-5-6-13(18)14(19)8-11/h3-8,10,15H,9H2,1-2H3,(H,20,23)(H,21,22)/t15-/m0/s1. The third kappa shape index (κ3) is 4.76. The molecule has 0 saturated carbocycles. The highest BCUT2D eigenvalue weighted by Crippen LogP contribution is 2.22. The average molecular weight is 369 g/mol. The second kappa shape index (κ2) is 8.22. The molecule has 5 nitrogen and oxygen atoms in total. The Morgan fingerprint density at radius 1 is 1.17 bits per heavy atom. The second-order valence-electron chi connectivity index (χ2n) is 5.62. The molecule has 24 heavy (non-hydrogen) atoms. The molecule has 2 N–H and O–H groups in total. The largest absolute Gasteiger partial charge is 0.467 e. The normalized spacial score (nSPS) is 12.0. The van der Waals surface area contributed by atoms with E-state index in [1.807, 2.05) is 13.8 Å². The van der Waals surface area contributed by atoms with Gasteiger partial charge in [-0.1, -0.05) is 37.0 Å². The Kier molecular flexibility index (Phi) is 6.29. The zero-order chi connectivity index (χ0) is 17.7. The van der Waals surface area contributed by atoms with Gasteiger partial charge in [0.25, 0.3) is 5.91 Å². The minimum Gasteiger partial charge on any atom is -0.467 e. The fourth-order valence-electron chi connectivity index (χ4n) is 2.09. The van der Waals surface area contributed by atoms with Crippen molar-refractivity contribution < 1.29 is 14.0 Å². The van der Waals surface area contributed by atoms with Crippen molar-refractivity contribution in [1.29, 1.82) is 0 Å². The van der Waals surface area contributed by atoms with Gasteiger partial charge in [-0.25, -0.2) is 0 Å². The van der Waals surface area contributed by atoms with E-state index >= 15 is 0 Å². The summed E-state index contributed by atoms with van der Waals surface area (Å²) in [4.78, 5) is 24.7. The Labute approximate surface area is 150 Å². The molecular formula is C17H18Cl2N2O3. The van der Waals surface area contributed by atoms with Gasteiger partial charge in [-0.05, 0) is 36.2 Å². The molecule has 0 bridgehead atoms. The molecule has 128 valence electrons. The number of hydrogen-bond acceptors (Lipinski definition) is 3. The maximum Gasteiger partial charge on any atom is 0.251 e. The second-order valence-corrected chi connectivity index (χ2v) is 6.44. The van der Waals surface area contributed by atoms with Crippen molar-refractivity contribution in [1.82, 2.24) is 10.6 Å². The molecule has 1 heterocycles. The van der Waals surface area contributed by atoms with Crippen molar-refractivity contribution in [2.24, 2.45) is 5.92 Å². The first-order valence-corrected chi connectivity index (χ1v) is 8.20. The Bertz CT molecular complexity index is 715. The minimum absolute atomic E-state index is 0.0895. The van der Waals surface area contributed by atoms with Crippen molar-refractivity contribution in [3.63, 3.8) is 0 Å². The topological polar surface area (TPSA) is 71.3 Å². The van der Waals surface area contributed by atoms with E-state index in [2.05, 4.69) is 10.6 Å². The van der Waals surface area contributed by atoms with Gasteiger partial charge < -0.3 is 15.1 Å². The smallest absolute Gasteiger partial charge is 0.251 e. The summed E-state index contributed by atoms with van der Waals surface area (Å²) in [6.07, 6.45) is 1.54. The van der Waals surface area contributed by atoms with Gasteiger partial charge in [0.05, 0.1) is 22.9 Å². The van der Waals surface area contributed by atoms with E-state index in [1.165, 1.54) is 12.3 Å². The summed E-state index contributed by atoms with van der Waals surface area (Å²) >= 11 is 11.8. The minimum atomic E-state index is -0.679. The average Bonchev–Trinajstić information content (AvgIpc) is 3.05. The zero-order valence-electron chi connectivity index (χ0n) is 13.3. The summed E-state index contributed by atoms with van der Waals surface area (Å²) in [5, 5.41) is 6.13. The molecule has 2 amide bonds. The van der Waals surface area contributed by atoms with E-state index in [4.69, 9.17) is 27.6 Å². The summed E-state index contributed by atoms with van der Waals surface area (Å²) < 4.78 is 5.17. The van der Waals surface area contributed by atoms with Crippen molar-refractivity contribution in [2.75, 3.05) is 0 Å². The Morgan fingerprint density at radius 2 is 1.92 bits per heavy atom. The molecule has 2 rings (SSSR count). The third-order valence-electron chi connectivity index (χ3n) is 3.43. The van der Waals surface area contributed by atoms with E-state index in [-0.39, 0.29) is 29.3 Å². The van der Waals surface area contributed by atoms with Crippen LogP contribution in [0.5, 0.6) is 0 Å². The lowest BCUT2D eigenvalue weighted by Gasteiger charge is -2.21. The number of hydrogen-bond donors (Lipinski definition) is 2. The number of amides is 2. The van der Waals surface area contributed by atoms with Crippen molar-refractivity contribution in [3.05, 3.63) is 58.0 Å². The molecule has 0 spiro atoms. The van der Waals surface area contributed by atoms with Crippen LogP contribution >= 0.6 is 23.2 Å². The number of nitrogens with one attached hydrogen (secondary N) is 2. The molecule has 0 saturated heterocycles. The van der Waals surface area contributed by atoms with Gasteiger partial charge in [0.1, 0.15) is 11.8 Å². The summed E-state index contributed by atoms with van der Waals surface area (Å²) in [7, 11) is 0. The van der Waals surface area contributed by atoms with E-state index in [9.17, 15) is 9.59 Å². The summed E-state index contributed by atoms with van der Waals surface area (Å²) in [6.45, 7) is 3.97. The highest BCUT2D eigenvalue weighted by Gasteiger charge is 2.24. The lowest BCUT2D eigenvalue weighted by Crippen LogP contribution is -2.49. The maximum absolute atomic E-state index is 12.4. The number of carbonyl (C=O) groups is 2. The molecule has 0 aliphatic heterocycles. The lowest BCUT2D eigenvalue weighted by atomic mass is 10.0. The van der Waals surface area contributed by atoms with Crippen molar-refractivity contribution >= 4 is 35.0 Å². The lowest BCUT2D eigenvalue weighted by molar-refractivity contribution is -0.124. The molecule has 0 fully saturated rings. The number of carbonyl (C=O) groups excluding carboxylic acids is 2. The fraction of sp³-hybridized carbons (Fsp3) is 0.294. The maximum atomic E-state index is 12.4. The van der Waals surface area contributed by atoms with Crippen LogP contribution in [0.15, 0.2) is 41.0 Å². The predicted molar refractivity (Wildman–Crippen MR) is 93.1 cm³/mol. The van der Waals surface area contributed by atoms with Crippen LogP contribution in [0, 0.1) is 5.92 Å². The Balaban J connectivity index is 2.02. The van der Waals surface area contributed by atoms with Crippen LogP contribution in [0.25, 0.3) is 0 Å². The van der Waals surface area contributed by atoms with Crippen molar-refractivity contribution in [3.8, 4) is 0 Å². The molecule has 1 aromatic carbocycles. The number of benzene rings is 1. The molecular weight excluding hydrogens is 351 g/mol. The van der Waals surface area contributed by atoms with E-state index in [0.717, 1.165) is 0 Å². The summed E-state index contributed by atoms with van der Waals surface area (Å²) in [5.41, 5.74) is 0.342. The van der Waals surface area contributed by atoms with Crippen LogP contribution in [-0.4, -0.2) is 17.9 Å². The number of halogens is 2. The number of rotatable bonds is 6. The summed E-state index contributed by atoms with van der Waals surface area (Å²) in [5.74, 6) is -0.120. The highest BCUT2D eigenvalue weighted by molar-refractivity contribution is 6.42. The van der Waals surface area contributed by atoms with Gasteiger partial charge in [0.2, 0.25) is 5.91 Å². The molecule has 0 radical (unpaired) electrons. The third-order valence-corrected chi connectivity index (χ3v) is 4.17. The molecule has 0 unspecified atom stereocenters. The van der Waals surface area contributed by atoms with Crippen LogP contribution < -0.4 is 10.6 Å².